The van der Waals surface area contributed by atoms with Crippen LogP contribution in [0.15, 0.2) is 36.5 Å². The van der Waals surface area contributed by atoms with Gasteiger partial charge in [0.05, 0.1) is 20.4 Å². The number of hydrogen-bond acceptors (Lipinski definition) is 4. The molecule has 0 atom stereocenters. The summed E-state index contributed by atoms with van der Waals surface area (Å²) in [4.78, 5) is 16.1. The van der Waals surface area contributed by atoms with Gasteiger partial charge in [0.1, 0.15) is 28.6 Å². The summed E-state index contributed by atoms with van der Waals surface area (Å²) in [6.45, 7) is 0. The van der Waals surface area contributed by atoms with E-state index in [9.17, 15) is 9.18 Å². The molecule has 1 aromatic heterocycles. The summed E-state index contributed by atoms with van der Waals surface area (Å²) in [5, 5.41) is 0. The highest BCUT2D eigenvalue weighted by atomic mass is 19.1. The van der Waals surface area contributed by atoms with Crippen molar-refractivity contribution in [3.05, 3.63) is 53.6 Å². The molecule has 19 heavy (non-hydrogen) atoms. The Bertz CT molecular complexity index is 574. The van der Waals surface area contributed by atoms with Crippen LogP contribution in [0.1, 0.15) is 16.1 Å². The molecule has 4 nitrogen and oxygen atoms in total. The second kappa shape index (κ2) is 5.48. The van der Waals surface area contributed by atoms with Gasteiger partial charge in [-0.25, -0.2) is 9.37 Å². The SMILES string of the molecule is COc1cccc(OC)c1C(=O)c1ccc(F)cn1. The Labute approximate surface area is 109 Å². The summed E-state index contributed by atoms with van der Waals surface area (Å²) in [7, 11) is 2.92. The third-order valence-corrected chi connectivity index (χ3v) is 2.61. The van der Waals surface area contributed by atoms with E-state index in [4.69, 9.17) is 9.47 Å². The van der Waals surface area contributed by atoms with Crippen LogP contribution in [0.2, 0.25) is 0 Å². The lowest BCUT2D eigenvalue weighted by Gasteiger charge is -2.11. The van der Waals surface area contributed by atoms with Gasteiger partial charge in [-0.2, -0.15) is 0 Å². The quantitative estimate of drug-likeness (QED) is 0.793. The molecule has 0 amide bonds. The number of benzene rings is 1. The van der Waals surface area contributed by atoms with Gasteiger partial charge in [0.15, 0.2) is 0 Å². The van der Waals surface area contributed by atoms with Crippen LogP contribution >= 0.6 is 0 Å². The summed E-state index contributed by atoms with van der Waals surface area (Å²) in [6.07, 6.45) is 0.995. The Kier molecular flexibility index (Phi) is 3.75. The van der Waals surface area contributed by atoms with E-state index in [1.165, 1.54) is 26.4 Å². The molecule has 0 N–H and O–H groups in total. The molecule has 0 saturated carbocycles. The number of methoxy groups -OCH3 is 2. The van der Waals surface area contributed by atoms with Crippen LogP contribution < -0.4 is 9.47 Å². The van der Waals surface area contributed by atoms with Gasteiger partial charge in [-0.3, -0.25) is 4.79 Å². The predicted octanol–water partition coefficient (Wildman–Crippen LogP) is 2.47. The Morgan fingerprint density at radius 1 is 1.11 bits per heavy atom. The van der Waals surface area contributed by atoms with Crippen molar-refractivity contribution < 1.29 is 18.7 Å². The first-order valence-corrected chi connectivity index (χ1v) is 5.54. The third-order valence-electron chi connectivity index (χ3n) is 2.61. The van der Waals surface area contributed by atoms with Crippen molar-refractivity contribution in [3.8, 4) is 11.5 Å². The van der Waals surface area contributed by atoms with E-state index in [0.717, 1.165) is 6.20 Å². The van der Waals surface area contributed by atoms with E-state index >= 15 is 0 Å². The zero-order valence-electron chi connectivity index (χ0n) is 10.5. The highest BCUT2D eigenvalue weighted by molar-refractivity contribution is 6.11. The van der Waals surface area contributed by atoms with Crippen molar-refractivity contribution >= 4 is 5.78 Å². The van der Waals surface area contributed by atoms with Crippen molar-refractivity contribution in [2.24, 2.45) is 0 Å². The van der Waals surface area contributed by atoms with Gasteiger partial charge < -0.3 is 9.47 Å². The summed E-state index contributed by atoms with van der Waals surface area (Å²) >= 11 is 0. The van der Waals surface area contributed by atoms with Gasteiger partial charge in [0.2, 0.25) is 5.78 Å². The second-order valence-electron chi connectivity index (χ2n) is 3.73. The first-order valence-electron chi connectivity index (χ1n) is 5.54. The summed E-state index contributed by atoms with van der Waals surface area (Å²) in [5.41, 5.74) is 0.399. The number of pyridine rings is 1. The third kappa shape index (κ3) is 2.54. The summed E-state index contributed by atoms with van der Waals surface area (Å²) in [5.74, 6) is -0.108. The van der Waals surface area contributed by atoms with Gasteiger partial charge in [-0.1, -0.05) is 6.07 Å². The Balaban J connectivity index is 2.51. The number of ether oxygens (including phenoxy) is 2. The highest BCUT2D eigenvalue weighted by Crippen LogP contribution is 2.30. The maximum Gasteiger partial charge on any atom is 0.218 e. The van der Waals surface area contributed by atoms with Crippen LogP contribution in [0.4, 0.5) is 4.39 Å². The highest BCUT2D eigenvalue weighted by Gasteiger charge is 2.20. The summed E-state index contributed by atoms with van der Waals surface area (Å²) < 4.78 is 23.1. The van der Waals surface area contributed by atoms with Gasteiger partial charge >= 0.3 is 0 Å². The number of rotatable bonds is 4. The minimum atomic E-state index is -0.497. The molecule has 1 heterocycles. The van der Waals surface area contributed by atoms with E-state index < -0.39 is 5.82 Å². The standard InChI is InChI=1S/C14H12FNO3/c1-18-11-4-3-5-12(19-2)13(11)14(17)10-7-6-9(15)8-16-10/h3-8H,1-2H3. The first kappa shape index (κ1) is 13.0. The monoisotopic (exact) mass is 261 g/mol. The minimum absolute atomic E-state index is 0.129. The van der Waals surface area contributed by atoms with Crippen LogP contribution in [0.5, 0.6) is 11.5 Å². The zero-order valence-corrected chi connectivity index (χ0v) is 10.5. The molecular weight excluding hydrogens is 249 g/mol. The number of hydrogen-bond donors (Lipinski definition) is 0. The van der Waals surface area contributed by atoms with Crippen LogP contribution in [-0.2, 0) is 0 Å². The van der Waals surface area contributed by atoms with Crippen molar-refractivity contribution in [1.29, 1.82) is 0 Å². The molecule has 0 saturated heterocycles. The smallest absolute Gasteiger partial charge is 0.218 e. The van der Waals surface area contributed by atoms with E-state index in [0.29, 0.717) is 11.5 Å². The van der Waals surface area contributed by atoms with Crippen molar-refractivity contribution in [1.82, 2.24) is 4.98 Å². The Morgan fingerprint density at radius 2 is 1.74 bits per heavy atom. The first-order chi connectivity index (χ1) is 9.17. The van der Waals surface area contributed by atoms with Crippen LogP contribution in [0.3, 0.4) is 0 Å². The number of aromatic nitrogens is 1. The van der Waals surface area contributed by atoms with Gasteiger partial charge in [-0.05, 0) is 24.3 Å². The Hall–Kier alpha value is -2.43. The number of carbonyl (C=O) groups is 1. The molecule has 2 rings (SSSR count). The Morgan fingerprint density at radius 3 is 2.21 bits per heavy atom. The lowest BCUT2D eigenvalue weighted by atomic mass is 10.1. The van der Waals surface area contributed by atoms with Crippen LogP contribution in [0.25, 0.3) is 0 Å². The zero-order chi connectivity index (χ0) is 13.8. The van der Waals surface area contributed by atoms with Crippen molar-refractivity contribution in [2.45, 2.75) is 0 Å². The number of carbonyl (C=O) groups excluding carboxylic acids is 1. The van der Waals surface area contributed by atoms with E-state index in [2.05, 4.69) is 4.98 Å². The maximum absolute atomic E-state index is 12.8. The normalized spacial score (nSPS) is 10.1. The lowest BCUT2D eigenvalue weighted by molar-refractivity contribution is 0.102. The molecule has 5 heteroatoms. The fourth-order valence-corrected chi connectivity index (χ4v) is 1.71. The molecule has 0 bridgehead atoms. The molecule has 0 radical (unpaired) electrons. The molecule has 2 aromatic rings. The fourth-order valence-electron chi connectivity index (χ4n) is 1.71. The van der Waals surface area contributed by atoms with Gasteiger partial charge in [0, 0.05) is 0 Å². The number of ketones is 1. The second-order valence-corrected chi connectivity index (χ2v) is 3.73. The predicted molar refractivity (Wildman–Crippen MR) is 67.2 cm³/mol. The molecule has 98 valence electrons. The van der Waals surface area contributed by atoms with E-state index in [-0.39, 0.29) is 17.0 Å². The van der Waals surface area contributed by atoms with Crippen molar-refractivity contribution in [3.63, 3.8) is 0 Å². The topological polar surface area (TPSA) is 48.4 Å². The lowest BCUT2D eigenvalue weighted by Crippen LogP contribution is -2.08. The fraction of sp³-hybridized carbons (Fsp3) is 0.143. The molecule has 1 aromatic carbocycles. The summed E-state index contributed by atoms with van der Waals surface area (Å²) in [6, 6.07) is 7.52. The van der Waals surface area contributed by atoms with Gasteiger partial charge in [0.25, 0.3) is 0 Å². The molecule has 0 aliphatic rings. The molecule has 0 spiro atoms. The average Bonchev–Trinajstić information content (AvgIpc) is 2.46. The maximum atomic E-state index is 12.8. The molecule has 0 aliphatic heterocycles. The largest absolute Gasteiger partial charge is 0.496 e. The number of nitrogens with zero attached hydrogens (tertiary/aromatic N) is 1. The minimum Gasteiger partial charge on any atom is -0.496 e. The number of halogens is 1. The van der Waals surface area contributed by atoms with Crippen LogP contribution in [0, 0.1) is 5.82 Å². The molecular formula is C14H12FNO3. The molecule has 0 unspecified atom stereocenters. The van der Waals surface area contributed by atoms with E-state index in [1.807, 2.05) is 0 Å². The molecule has 0 aliphatic carbocycles. The van der Waals surface area contributed by atoms with Crippen LogP contribution in [-0.4, -0.2) is 25.0 Å². The van der Waals surface area contributed by atoms with Crippen molar-refractivity contribution in [2.75, 3.05) is 14.2 Å². The van der Waals surface area contributed by atoms with E-state index in [1.54, 1.807) is 18.2 Å². The molecule has 0 fully saturated rings. The van der Waals surface area contributed by atoms with Gasteiger partial charge in [-0.15, -0.1) is 0 Å². The average molecular weight is 261 g/mol.